The lowest BCUT2D eigenvalue weighted by Gasteiger charge is -2.28. The topological polar surface area (TPSA) is 216 Å². The number of carbonyl (C=O) groups excluding carboxylic acids is 3. The molecule has 0 bridgehead atoms. The van der Waals surface area contributed by atoms with Crippen molar-refractivity contribution in [3.05, 3.63) is 0 Å². The number of carbonyl (C=O) groups is 6. The van der Waals surface area contributed by atoms with Crippen molar-refractivity contribution in [1.82, 2.24) is 15.5 Å². The highest BCUT2D eigenvalue weighted by atomic mass is 16.4. The van der Waals surface area contributed by atoms with E-state index in [2.05, 4.69) is 10.6 Å². The number of hydrogen-bond donors (Lipinski definition) is 6. The maximum atomic E-state index is 12.8. The van der Waals surface area contributed by atoms with Gasteiger partial charge in [0, 0.05) is 13.0 Å². The van der Waals surface area contributed by atoms with E-state index in [-0.39, 0.29) is 38.1 Å². The molecule has 33 heavy (non-hydrogen) atoms. The Morgan fingerprint density at radius 2 is 1.64 bits per heavy atom. The minimum absolute atomic E-state index is 0.0673. The van der Waals surface area contributed by atoms with Gasteiger partial charge in [-0.3, -0.25) is 24.0 Å². The Hall–Kier alpha value is -3.22. The summed E-state index contributed by atoms with van der Waals surface area (Å²) in [5.74, 6) is -6.22. The predicted molar refractivity (Wildman–Crippen MR) is 113 cm³/mol. The fourth-order valence-corrected chi connectivity index (χ4v) is 3.54. The Labute approximate surface area is 190 Å². The van der Waals surface area contributed by atoms with Crippen LogP contribution >= 0.6 is 0 Å². The Morgan fingerprint density at radius 1 is 1.00 bits per heavy atom. The molecule has 186 valence electrons. The van der Waals surface area contributed by atoms with Crippen molar-refractivity contribution in [3.63, 3.8) is 0 Å². The zero-order valence-electron chi connectivity index (χ0n) is 18.7. The molecule has 4 atom stereocenters. The maximum Gasteiger partial charge on any atom is 0.326 e. The van der Waals surface area contributed by atoms with E-state index in [9.17, 15) is 33.9 Å². The van der Waals surface area contributed by atoms with Gasteiger partial charge >= 0.3 is 17.9 Å². The molecule has 0 aromatic carbocycles. The monoisotopic (exact) mass is 472 g/mol. The molecule has 0 aromatic heterocycles. The second-order valence-electron chi connectivity index (χ2n) is 8.42. The van der Waals surface area contributed by atoms with Crippen LogP contribution in [0, 0.1) is 5.92 Å². The van der Waals surface area contributed by atoms with Gasteiger partial charge in [0.05, 0.1) is 12.5 Å². The SMILES string of the molecule is CC(C)CC(NC(=O)C(CC(=O)O)NC(=O)C1CCCN1C(=O)C(N)CCC(=O)O)C(=O)O. The Bertz CT molecular complexity index is 771. The average Bonchev–Trinajstić information content (AvgIpc) is 3.19. The van der Waals surface area contributed by atoms with Crippen LogP contribution < -0.4 is 16.4 Å². The highest BCUT2D eigenvalue weighted by Crippen LogP contribution is 2.19. The number of aliphatic carboxylic acids is 3. The molecule has 4 unspecified atom stereocenters. The number of carboxylic acids is 3. The van der Waals surface area contributed by atoms with Crippen molar-refractivity contribution in [2.24, 2.45) is 11.7 Å². The number of nitrogens with zero attached hydrogens (tertiary/aromatic N) is 1. The van der Waals surface area contributed by atoms with Crippen molar-refractivity contribution < 1.29 is 44.1 Å². The van der Waals surface area contributed by atoms with Gasteiger partial charge in [-0.1, -0.05) is 13.8 Å². The lowest BCUT2D eigenvalue weighted by molar-refractivity contribution is -0.145. The van der Waals surface area contributed by atoms with Gasteiger partial charge in [-0.15, -0.1) is 0 Å². The van der Waals surface area contributed by atoms with Crippen LogP contribution in [-0.2, 0) is 28.8 Å². The summed E-state index contributed by atoms with van der Waals surface area (Å²) in [6.07, 6.45) is -0.413. The van der Waals surface area contributed by atoms with E-state index in [1.807, 2.05) is 0 Å². The molecule has 1 heterocycles. The lowest BCUT2D eigenvalue weighted by atomic mass is 10.0. The quantitative estimate of drug-likeness (QED) is 0.187. The first-order chi connectivity index (χ1) is 15.3. The van der Waals surface area contributed by atoms with Gasteiger partial charge < -0.3 is 36.6 Å². The molecular weight excluding hydrogens is 440 g/mol. The predicted octanol–water partition coefficient (Wildman–Crippen LogP) is -1.26. The van der Waals surface area contributed by atoms with E-state index in [1.54, 1.807) is 13.8 Å². The molecule has 0 aromatic rings. The molecule has 3 amide bonds. The molecule has 1 fully saturated rings. The summed E-state index contributed by atoms with van der Waals surface area (Å²) >= 11 is 0. The van der Waals surface area contributed by atoms with Crippen LogP contribution in [-0.4, -0.2) is 86.6 Å². The smallest absolute Gasteiger partial charge is 0.326 e. The fraction of sp³-hybridized carbons (Fsp3) is 0.700. The normalized spacial score (nSPS) is 18.3. The number of amides is 3. The number of rotatable bonds is 13. The first-order valence-electron chi connectivity index (χ1n) is 10.7. The van der Waals surface area contributed by atoms with Crippen LogP contribution in [0.2, 0.25) is 0 Å². The highest BCUT2D eigenvalue weighted by Gasteiger charge is 2.38. The van der Waals surface area contributed by atoms with Gasteiger partial charge in [0.2, 0.25) is 17.7 Å². The summed E-state index contributed by atoms with van der Waals surface area (Å²) in [5.41, 5.74) is 5.76. The first-order valence-corrected chi connectivity index (χ1v) is 10.7. The largest absolute Gasteiger partial charge is 0.481 e. The zero-order valence-corrected chi connectivity index (χ0v) is 18.7. The van der Waals surface area contributed by atoms with Crippen LogP contribution in [0.15, 0.2) is 0 Å². The molecular formula is C20H32N4O9. The average molecular weight is 472 g/mol. The molecule has 0 saturated carbocycles. The second-order valence-corrected chi connectivity index (χ2v) is 8.42. The molecule has 1 rings (SSSR count). The van der Waals surface area contributed by atoms with Crippen LogP contribution in [0.25, 0.3) is 0 Å². The minimum atomic E-state index is -1.55. The number of nitrogens with two attached hydrogens (primary N) is 1. The molecule has 1 aliphatic heterocycles. The molecule has 0 spiro atoms. The third-order valence-electron chi connectivity index (χ3n) is 5.16. The zero-order chi connectivity index (χ0) is 25.3. The lowest BCUT2D eigenvalue weighted by Crippen LogP contribution is -2.57. The van der Waals surface area contributed by atoms with E-state index >= 15 is 0 Å². The van der Waals surface area contributed by atoms with Gasteiger partial charge in [-0.05, 0) is 31.6 Å². The van der Waals surface area contributed by atoms with Crippen molar-refractivity contribution in [3.8, 4) is 0 Å². The summed E-state index contributed by atoms with van der Waals surface area (Å²) in [7, 11) is 0. The fourth-order valence-electron chi connectivity index (χ4n) is 3.54. The third-order valence-corrected chi connectivity index (χ3v) is 5.16. The number of carboxylic acid groups (broad SMARTS) is 3. The van der Waals surface area contributed by atoms with Gasteiger partial charge in [0.1, 0.15) is 18.1 Å². The molecule has 7 N–H and O–H groups in total. The molecule has 1 saturated heterocycles. The van der Waals surface area contributed by atoms with E-state index in [0.29, 0.717) is 6.42 Å². The summed E-state index contributed by atoms with van der Waals surface area (Å²) in [5, 5.41) is 31.8. The van der Waals surface area contributed by atoms with Crippen LogP contribution in [0.4, 0.5) is 0 Å². The Morgan fingerprint density at radius 3 is 2.15 bits per heavy atom. The van der Waals surface area contributed by atoms with Crippen molar-refractivity contribution in [2.45, 2.75) is 76.5 Å². The maximum absolute atomic E-state index is 12.8. The molecule has 0 aliphatic carbocycles. The van der Waals surface area contributed by atoms with Crippen LogP contribution in [0.3, 0.4) is 0 Å². The molecule has 1 aliphatic rings. The summed E-state index contributed by atoms with van der Waals surface area (Å²) in [4.78, 5) is 72.5. The summed E-state index contributed by atoms with van der Waals surface area (Å²) in [6, 6.07) is -4.95. The van der Waals surface area contributed by atoms with Crippen LogP contribution in [0.5, 0.6) is 0 Å². The molecule has 13 nitrogen and oxygen atoms in total. The van der Waals surface area contributed by atoms with Crippen molar-refractivity contribution in [2.75, 3.05) is 6.54 Å². The number of hydrogen-bond acceptors (Lipinski definition) is 7. The minimum Gasteiger partial charge on any atom is -0.481 e. The summed E-state index contributed by atoms with van der Waals surface area (Å²) in [6.45, 7) is 3.71. The van der Waals surface area contributed by atoms with E-state index in [4.69, 9.17) is 15.9 Å². The Balaban J connectivity index is 2.90. The van der Waals surface area contributed by atoms with E-state index < -0.39 is 66.2 Å². The second kappa shape index (κ2) is 12.7. The summed E-state index contributed by atoms with van der Waals surface area (Å²) < 4.78 is 0. The van der Waals surface area contributed by atoms with E-state index in [1.165, 1.54) is 4.90 Å². The Kier molecular flexibility index (Phi) is 10.7. The van der Waals surface area contributed by atoms with Crippen molar-refractivity contribution >= 4 is 35.6 Å². The van der Waals surface area contributed by atoms with Gasteiger partial charge in [-0.2, -0.15) is 0 Å². The number of likely N-dealkylation sites (tertiary alicyclic amines) is 1. The third kappa shape index (κ3) is 9.04. The number of nitrogens with one attached hydrogen (secondary N) is 2. The standard InChI is InChI=1S/C20H32N4O9/c1-10(2)8-13(20(32)33)23-17(29)12(9-16(27)28)22-18(30)14-4-3-7-24(14)19(31)11(21)5-6-15(25)26/h10-14H,3-9,21H2,1-2H3,(H,22,30)(H,23,29)(H,25,26)(H,27,28)(H,32,33). The highest BCUT2D eigenvalue weighted by molar-refractivity contribution is 5.95. The van der Waals surface area contributed by atoms with Gasteiger partial charge in [0.15, 0.2) is 0 Å². The van der Waals surface area contributed by atoms with E-state index in [0.717, 1.165) is 0 Å². The van der Waals surface area contributed by atoms with Crippen molar-refractivity contribution in [1.29, 1.82) is 0 Å². The molecule has 13 heteroatoms. The molecule has 0 radical (unpaired) electrons. The van der Waals surface area contributed by atoms with Gasteiger partial charge in [-0.25, -0.2) is 4.79 Å². The first kappa shape index (κ1) is 27.8. The van der Waals surface area contributed by atoms with Gasteiger partial charge in [0.25, 0.3) is 0 Å². The van der Waals surface area contributed by atoms with Crippen LogP contribution in [0.1, 0.15) is 52.4 Å².